The largest absolute Gasteiger partial charge is 0.461 e. The lowest BCUT2D eigenvalue weighted by Gasteiger charge is -2.22. The molecular weight excluding hydrogens is 264 g/mol. The van der Waals surface area contributed by atoms with E-state index >= 15 is 0 Å². The lowest BCUT2D eigenvalue weighted by molar-refractivity contribution is 0.0519. The number of thiazole rings is 1. The van der Waals surface area contributed by atoms with Gasteiger partial charge in [-0.15, -0.1) is 11.3 Å². The highest BCUT2D eigenvalue weighted by molar-refractivity contribution is 7.09. The van der Waals surface area contributed by atoms with E-state index in [4.69, 9.17) is 4.74 Å². The predicted molar refractivity (Wildman–Crippen MR) is 75.3 cm³/mol. The van der Waals surface area contributed by atoms with Gasteiger partial charge in [0.1, 0.15) is 11.1 Å². The van der Waals surface area contributed by atoms with E-state index in [1.807, 2.05) is 7.05 Å². The van der Waals surface area contributed by atoms with Crippen molar-refractivity contribution in [2.45, 2.75) is 39.3 Å². The van der Waals surface area contributed by atoms with Crippen molar-refractivity contribution in [2.24, 2.45) is 5.92 Å². The number of ether oxygens (including phenoxy) is 1. The number of hydrogen-bond donors (Lipinski definition) is 2. The lowest BCUT2D eigenvalue weighted by atomic mass is 9.98. The van der Waals surface area contributed by atoms with Crippen molar-refractivity contribution < 1.29 is 14.6 Å². The molecule has 0 spiro atoms. The molecule has 0 aliphatic carbocycles. The Morgan fingerprint density at radius 2 is 2.26 bits per heavy atom. The maximum atomic E-state index is 11.5. The molecule has 19 heavy (non-hydrogen) atoms. The minimum absolute atomic E-state index is 0.213. The van der Waals surface area contributed by atoms with Crippen LogP contribution in [-0.2, 0) is 4.74 Å². The van der Waals surface area contributed by atoms with E-state index in [1.165, 1.54) is 11.3 Å². The second-order valence-electron chi connectivity index (χ2n) is 4.68. The molecule has 1 aromatic heterocycles. The van der Waals surface area contributed by atoms with Crippen LogP contribution in [-0.4, -0.2) is 35.8 Å². The van der Waals surface area contributed by atoms with Crippen LogP contribution in [0.25, 0.3) is 0 Å². The Bertz CT molecular complexity index is 406. The van der Waals surface area contributed by atoms with Crippen molar-refractivity contribution in [3.8, 4) is 0 Å². The first-order valence-corrected chi connectivity index (χ1v) is 7.35. The van der Waals surface area contributed by atoms with Crippen LogP contribution in [0.1, 0.15) is 48.8 Å². The zero-order valence-corrected chi connectivity index (χ0v) is 12.7. The van der Waals surface area contributed by atoms with Crippen molar-refractivity contribution in [1.82, 2.24) is 10.3 Å². The molecule has 1 aromatic rings. The highest BCUT2D eigenvalue weighted by Gasteiger charge is 2.21. The first kappa shape index (κ1) is 16.1. The van der Waals surface area contributed by atoms with Gasteiger partial charge in [-0.1, -0.05) is 13.8 Å². The molecule has 0 saturated heterocycles. The Balaban J connectivity index is 2.67. The Hall–Kier alpha value is -0.980. The van der Waals surface area contributed by atoms with Gasteiger partial charge in [0.15, 0.2) is 5.69 Å². The van der Waals surface area contributed by atoms with Crippen LogP contribution in [0, 0.1) is 5.92 Å². The predicted octanol–water partition coefficient (Wildman–Crippen LogP) is 1.99. The summed E-state index contributed by atoms with van der Waals surface area (Å²) in [5.74, 6) is -0.0182. The highest BCUT2D eigenvalue weighted by atomic mass is 32.1. The molecule has 0 amide bonds. The minimum atomic E-state index is -0.659. The zero-order valence-electron chi connectivity index (χ0n) is 11.8. The van der Waals surface area contributed by atoms with Crippen molar-refractivity contribution in [3.05, 3.63) is 16.1 Å². The molecule has 0 aromatic carbocycles. The van der Waals surface area contributed by atoms with Gasteiger partial charge in [-0.25, -0.2) is 9.78 Å². The fourth-order valence-electron chi connectivity index (χ4n) is 1.80. The summed E-state index contributed by atoms with van der Waals surface area (Å²) < 4.78 is 4.87. The fourth-order valence-corrected chi connectivity index (χ4v) is 2.59. The van der Waals surface area contributed by atoms with E-state index < -0.39 is 12.1 Å². The monoisotopic (exact) mass is 286 g/mol. The number of carbonyl (C=O) groups excluding carboxylic acids is 1. The van der Waals surface area contributed by atoms with Crippen LogP contribution >= 0.6 is 11.3 Å². The first-order chi connectivity index (χ1) is 8.99. The summed E-state index contributed by atoms with van der Waals surface area (Å²) in [6.45, 7) is 6.27. The molecule has 0 radical (unpaired) electrons. The lowest BCUT2D eigenvalue weighted by Crippen LogP contribution is -2.32. The summed E-state index contributed by atoms with van der Waals surface area (Å²) in [6, 6.07) is 0.213. The molecule has 2 unspecified atom stereocenters. The van der Waals surface area contributed by atoms with Gasteiger partial charge in [0.2, 0.25) is 0 Å². The minimum Gasteiger partial charge on any atom is -0.461 e. The molecule has 108 valence electrons. The molecule has 0 saturated carbocycles. The Labute approximate surface area is 118 Å². The Morgan fingerprint density at radius 1 is 1.58 bits per heavy atom. The summed E-state index contributed by atoms with van der Waals surface area (Å²) in [7, 11) is 1.88. The highest BCUT2D eigenvalue weighted by Crippen LogP contribution is 2.24. The second-order valence-corrected chi connectivity index (χ2v) is 5.57. The summed E-state index contributed by atoms with van der Waals surface area (Å²) >= 11 is 1.29. The van der Waals surface area contributed by atoms with Crippen LogP contribution in [0.15, 0.2) is 5.38 Å². The molecule has 0 bridgehead atoms. The van der Waals surface area contributed by atoms with Crippen LogP contribution in [0.3, 0.4) is 0 Å². The molecule has 6 heteroatoms. The number of nitrogens with zero attached hydrogens (tertiary/aromatic N) is 1. The van der Waals surface area contributed by atoms with Gasteiger partial charge in [-0.3, -0.25) is 0 Å². The van der Waals surface area contributed by atoms with Gasteiger partial charge >= 0.3 is 5.97 Å². The standard InChI is InChI=1S/C13H22N2O3S/c1-5-18-13(17)10-7-19-12(15-10)11(16)6-9(14-4)8(2)3/h7-9,11,14,16H,5-6H2,1-4H3. The molecule has 0 aliphatic heterocycles. The third-order valence-corrected chi connectivity index (χ3v) is 3.89. The number of hydrogen-bond acceptors (Lipinski definition) is 6. The number of carbonyl (C=O) groups is 1. The van der Waals surface area contributed by atoms with Gasteiger partial charge in [0, 0.05) is 11.4 Å². The quantitative estimate of drug-likeness (QED) is 0.750. The summed E-state index contributed by atoms with van der Waals surface area (Å²) in [4.78, 5) is 15.6. The molecule has 1 rings (SSSR count). The Kier molecular flexibility index (Phi) is 6.41. The zero-order chi connectivity index (χ0) is 14.4. The van der Waals surface area contributed by atoms with Crippen LogP contribution < -0.4 is 5.32 Å². The maximum absolute atomic E-state index is 11.5. The smallest absolute Gasteiger partial charge is 0.357 e. The number of aliphatic hydroxyl groups is 1. The third kappa shape index (κ3) is 4.56. The van der Waals surface area contributed by atoms with Crippen molar-refractivity contribution in [1.29, 1.82) is 0 Å². The van der Waals surface area contributed by atoms with E-state index in [0.717, 1.165) is 0 Å². The van der Waals surface area contributed by atoms with Crippen molar-refractivity contribution in [3.63, 3.8) is 0 Å². The molecule has 5 nitrogen and oxygen atoms in total. The molecular formula is C13H22N2O3S. The van der Waals surface area contributed by atoms with Crippen molar-refractivity contribution >= 4 is 17.3 Å². The van der Waals surface area contributed by atoms with Crippen LogP contribution in [0.4, 0.5) is 0 Å². The second kappa shape index (κ2) is 7.57. The summed E-state index contributed by atoms with van der Waals surface area (Å²) in [6.07, 6.45) is -0.0859. The average Bonchev–Trinajstić information content (AvgIpc) is 2.85. The van der Waals surface area contributed by atoms with E-state index in [9.17, 15) is 9.90 Å². The van der Waals surface area contributed by atoms with Gasteiger partial charge in [-0.05, 0) is 26.3 Å². The SMILES string of the molecule is CCOC(=O)c1csc(C(O)CC(NC)C(C)C)n1. The van der Waals surface area contributed by atoms with E-state index in [-0.39, 0.29) is 11.7 Å². The van der Waals surface area contributed by atoms with E-state index in [2.05, 4.69) is 24.1 Å². The molecule has 2 atom stereocenters. The first-order valence-electron chi connectivity index (χ1n) is 6.47. The van der Waals surface area contributed by atoms with Gasteiger partial charge in [0.25, 0.3) is 0 Å². The third-order valence-electron chi connectivity index (χ3n) is 2.94. The number of aromatic nitrogens is 1. The number of aliphatic hydroxyl groups excluding tert-OH is 1. The topological polar surface area (TPSA) is 71.5 Å². The van der Waals surface area contributed by atoms with Crippen molar-refractivity contribution in [2.75, 3.05) is 13.7 Å². The summed E-state index contributed by atoms with van der Waals surface area (Å²) in [5.41, 5.74) is 0.270. The molecule has 0 fully saturated rings. The summed E-state index contributed by atoms with van der Waals surface area (Å²) in [5, 5.41) is 15.5. The van der Waals surface area contributed by atoms with E-state index in [1.54, 1.807) is 12.3 Å². The van der Waals surface area contributed by atoms with Crippen LogP contribution in [0.2, 0.25) is 0 Å². The van der Waals surface area contributed by atoms with Gasteiger partial charge in [-0.2, -0.15) is 0 Å². The number of rotatable bonds is 7. The van der Waals surface area contributed by atoms with Gasteiger partial charge in [0.05, 0.1) is 6.61 Å². The molecule has 2 N–H and O–H groups in total. The molecule has 0 aliphatic rings. The van der Waals surface area contributed by atoms with Crippen LogP contribution in [0.5, 0.6) is 0 Å². The number of esters is 1. The van der Waals surface area contributed by atoms with E-state index in [0.29, 0.717) is 24.0 Å². The fraction of sp³-hybridized carbons (Fsp3) is 0.692. The average molecular weight is 286 g/mol. The molecule has 1 heterocycles. The Morgan fingerprint density at radius 3 is 2.79 bits per heavy atom. The number of nitrogens with one attached hydrogen (secondary N) is 1. The maximum Gasteiger partial charge on any atom is 0.357 e. The van der Waals surface area contributed by atoms with Gasteiger partial charge < -0.3 is 15.2 Å². The normalized spacial score (nSPS) is 14.4.